The number of methoxy groups -OCH3 is 1. The number of nitrogens with zero attached hydrogens (tertiary/aromatic N) is 5. The molecule has 10 nitrogen and oxygen atoms in total. The Morgan fingerprint density at radius 1 is 1.19 bits per heavy atom. The lowest BCUT2D eigenvalue weighted by molar-refractivity contribution is 0.190. The number of hydrogen-bond acceptors (Lipinski definition) is 9. The first-order chi connectivity index (χ1) is 17.9. The number of aryl methyl sites for hydroxylation is 2. The van der Waals surface area contributed by atoms with Gasteiger partial charge in [-0.1, -0.05) is 6.92 Å². The lowest BCUT2D eigenvalue weighted by Crippen LogP contribution is -2.46. The Morgan fingerprint density at radius 3 is 2.57 bits per heavy atom. The Labute approximate surface area is 217 Å². The summed E-state index contributed by atoms with van der Waals surface area (Å²) in [7, 11) is 1.63. The average Bonchev–Trinajstić information content (AvgIpc) is 2.90. The monoisotopic (exact) mass is 504 g/mol. The zero-order valence-corrected chi connectivity index (χ0v) is 21.8. The number of benzene rings is 1. The van der Waals surface area contributed by atoms with E-state index in [9.17, 15) is 4.79 Å². The normalized spacial score (nSPS) is 14.8. The van der Waals surface area contributed by atoms with E-state index in [0.717, 1.165) is 55.7 Å². The van der Waals surface area contributed by atoms with Gasteiger partial charge in [0.25, 0.3) is 5.56 Å². The number of ether oxygens (including phenoxy) is 1. The maximum atomic E-state index is 13.3. The van der Waals surface area contributed by atoms with Crippen LogP contribution in [0.5, 0.6) is 0 Å². The van der Waals surface area contributed by atoms with Gasteiger partial charge >= 0.3 is 0 Å². The van der Waals surface area contributed by atoms with Gasteiger partial charge in [0.1, 0.15) is 5.65 Å². The van der Waals surface area contributed by atoms with Gasteiger partial charge in [-0.15, -0.1) is 0 Å². The number of piperazine rings is 1. The van der Waals surface area contributed by atoms with E-state index in [1.54, 1.807) is 17.7 Å². The highest BCUT2D eigenvalue weighted by Crippen LogP contribution is 2.24. The third-order valence-electron chi connectivity index (χ3n) is 6.75. The Hall–Kier alpha value is -3.76. The molecule has 2 aromatic heterocycles. The standard InChI is InChI=1S/C27H36N8O2/c1-4-33-13-15-34(16-14-33)21-8-6-20(7-9-21)31-27-30-19(2)22-18-23(24(29)10-11-28)26(36)35(25(22)32-27)12-5-17-37-3/h6-11,18,28H,4-5,12-17,29H2,1-3H3,(H,30,31,32)/b24-10-,28-11?. The predicted molar refractivity (Wildman–Crippen MR) is 150 cm³/mol. The van der Waals surface area contributed by atoms with E-state index in [1.165, 1.54) is 11.8 Å². The summed E-state index contributed by atoms with van der Waals surface area (Å²) in [6, 6.07) is 10.0. The van der Waals surface area contributed by atoms with Crippen molar-refractivity contribution in [2.75, 3.05) is 56.7 Å². The number of allylic oxidation sites excluding steroid dienone is 1. The highest BCUT2D eigenvalue weighted by Gasteiger charge is 2.17. The molecule has 1 aliphatic rings. The third kappa shape index (κ3) is 5.98. The van der Waals surface area contributed by atoms with Gasteiger partial charge < -0.3 is 31.0 Å². The molecule has 3 heterocycles. The Morgan fingerprint density at radius 2 is 1.92 bits per heavy atom. The van der Waals surface area contributed by atoms with Crippen molar-refractivity contribution < 1.29 is 4.74 Å². The first-order valence-electron chi connectivity index (χ1n) is 12.7. The second-order valence-electron chi connectivity index (χ2n) is 9.11. The summed E-state index contributed by atoms with van der Waals surface area (Å²) in [6.07, 6.45) is 3.12. The number of fused-ring (bicyclic) bond motifs is 1. The minimum atomic E-state index is -0.254. The quantitative estimate of drug-likeness (QED) is 0.284. The summed E-state index contributed by atoms with van der Waals surface area (Å²) in [5.74, 6) is 0.421. The molecule has 0 bridgehead atoms. The highest BCUT2D eigenvalue weighted by molar-refractivity contribution is 5.86. The van der Waals surface area contributed by atoms with Crippen LogP contribution in [-0.4, -0.2) is 72.1 Å². The van der Waals surface area contributed by atoms with Crippen LogP contribution in [-0.2, 0) is 11.3 Å². The van der Waals surface area contributed by atoms with Crippen molar-refractivity contribution in [2.45, 2.75) is 26.8 Å². The zero-order chi connectivity index (χ0) is 26.4. The molecule has 1 fully saturated rings. The molecule has 0 saturated carbocycles. The fraction of sp³-hybridized carbons (Fsp3) is 0.407. The fourth-order valence-corrected chi connectivity index (χ4v) is 4.61. The number of rotatable bonds is 10. The molecule has 0 radical (unpaired) electrons. The lowest BCUT2D eigenvalue weighted by atomic mass is 10.1. The van der Waals surface area contributed by atoms with Crippen molar-refractivity contribution in [1.82, 2.24) is 19.4 Å². The largest absolute Gasteiger partial charge is 0.398 e. The summed E-state index contributed by atoms with van der Waals surface area (Å²) in [5, 5.41) is 11.4. The van der Waals surface area contributed by atoms with Crippen LogP contribution in [0.2, 0.25) is 0 Å². The van der Waals surface area contributed by atoms with Crippen molar-refractivity contribution in [3.8, 4) is 0 Å². The Balaban J connectivity index is 1.64. The topological polar surface area (TPSA) is 125 Å². The van der Waals surface area contributed by atoms with Crippen molar-refractivity contribution in [2.24, 2.45) is 5.73 Å². The number of aromatic nitrogens is 3. The maximum absolute atomic E-state index is 13.3. The van der Waals surface area contributed by atoms with E-state index in [1.807, 2.05) is 19.1 Å². The van der Waals surface area contributed by atoms with Crippen LogP contribution >= 0.6 is 0 Å². The van der Waals surface area contributed by atoms with Crippen LogP contribution in [0.15, 0.2) is 41.2 Å². The van der Waals surface area contributed by atoms with Crippen LogP contribution in [0.1, 0.15) is 24.6 Å². The molecule has 1 aliphatic heterocycles. The molecule has 0 aliphatic carbocycles. The van der Waals surface area contributed by atoms with Crippen molar-refractivity contribution in [1.29, 1.82) is 5.41 Å². The molecule has 37 heavy (non-hydrogen) atoms. The molecule has 10 heteroatoms. The second kappa shape index (κ2) is 12.0. The van der Waals surface area contributed by atoms with Crippen LogP contribution in [0.3, 0.4) is 0 Å². The number of pyridine rings is 1. The minimum Gasteiger partial charge on any atom is -0.398 e. The smallest absolute Gasteiger partial charge is 0.261 e. The van der Waals surface area contributed by atoms with Gasteiger partial charge in [-0.2, -0.15) is 4.98 Å². The summed E-state index contributed by atoms with van der Waals surface area (Å²) in [5.41, 5.74) is 9.74. The molecule has 0 amide bonds. The van der Waals surface area contributed by atoms with E-state index in [-0.39, 0.29) is 11.3 Å². The molecule has 0 atom stereocenters. The number of anilines is 3. The number of nitrogens with one attached hydrogen (secondary N) is 2. The van der Waals surface area contributed by atoms with Crippen molar-refractivity contribution >= 4 is 40.3 Å². The number of likely N-dealkylation sites (N-methyl/N-ethyl adjacent to an activating group) is 1. The molecule has 4 rings (SSSR count). The van der Waals surface area contributed by atoms with Gasteiger partial charge in [0.2, 0.25) is 5.95 Å². The average molecular weight is 505 g/mol. The molecule has 3 aromatic rings. The molecular weight excluding hydrogens is 468 g/mol. The van der Waals surface area contributed by atoms with Crippen molar-refractivity contribution in [3.63, 3.8) is 0 Å². The molecule has 1 saturated heterocycles. The van der Waals surface area contributed by atoms with Crippen LogP contribution in [0.25, 0.3) is 16.7 Å². The summed E-state index contributed by atoms with van der Waals surface area (Å²) in [6.45, 7) is 10.3. The predicted octanol–water partition coefficient (Wildman–Crippen LogP) is 2.97. The van der Waals surface area contributed by atoms with E-state index >= 15 is 0 Å². The number of nitrogens with two attached hydrogens (primary N) is 1. The van der Waals surface area contributed by atoms with Gasteiger partial charge in [-0.3, -0.25) is 9.36 Å². The van der Waals surface area contributed by atoms with Crippen LogP contribution < -0.4 is 21.5 Å². The van der Waals surface area contributed by atoms with Crippen LogP contribution in [0, 0.1) is 12.3 Å². The molecule has 4 N–H and O–H groups in total. The van der Waals surface area contributed by atoms with Crippen molar-refractivity contribution in [3.05, 3.63) is 58.0 Å². The molecule has 0 spiro atoms. The second-order valence-corrected chi connectivity index (χ2v) is 9.11. The maximum Gasteiger partial charge on any atom is 0.261 e. The summed E-state index contributed by atoms with van der Waals surface area (Å²) >= 11 is 0. The minimum absolute atomic E-state index is 0.236. The highest BCUT2D eigenvalue weighted by atomic mass is 16.5. The fourth-order valence-electron chi connectivity index (χ4n) is 4.61. The van der Waals surface area contributed by atoms with Gasteiger partial charge in [0.15, 0.2) is 0 Å². The molecular formula is C27H36N8O2. The lowest BCUT2D eigenvalue weighted by Gasteiger charge is -2.35. The van der Waals surface area contributed by atoms with E-state index in [2.05, 4.69) is 39.2 Å². The van der Waals surface area contributed by atoms with Crippen LogP contribution in [0.4, 0.5) is 17.3 Å². The first-order valence-corrected chi connectivity index (χ1v) is 12.7. The van der Waals surface area contributed by atoms with Gasteiger partial charge in [0, 0.05) is 75.1 Å². The SMILES string of the molecule is CCN1CCN(c2ccc(Nc3nc(C)c4cc(/C(N)=C/C=N)c(=O)n(CCCOC)c4n3)cc2)CC1. The summed E-state index contributed by atoms with van der Waals surface area (Å²) < 4.78 is 6.81. The van der Waals surface area contributed by atoms with E-state index in [0.29, 0.717) is 36.7 Å². The number of hydrogen-bond donors (Lipinski definition) is 3. The van der Waals surface area contributed by atoms with Gasteiger partial charge in [-0.05, 0) is 56.3 Å². The summed E-state index contributed by atoms with van der Waals surface area (Å²) in [4.78, 5) is 27.6. The molecule has 1 aromatic carbocycles. The van der Waals surface area contributed by atoms with E-state index < -0.39 is 0 Å². The Kier molecular flexibility index (Phi) is 8.52. The first kappa shape index (κ1) is 26.3. The zero-order valence-electron chi connectivity index (χ0n) is 21.8. The van der Waals surface area contributed by atoms with E-state index in [4.69, 9.17) is 20.9 Å². The third-order valence-corrected chi connectivity index (χ3v) is 6.75. The Bertz CT molecular complexity index is 1320. The molecule has 196 valence electrons. The molecule has 0 unspecified atom stereocenters. The van der Waals surface area contributed by atoms with Gasteiger partial charge in [0.05, 0.1) is 11.3 Å². The van der Waals surface area contributed by atoms with Gasteiger partial charge in [-0.25, -0.2) is 4.98 Å².